The first-order chi connectivity index (χ1) is 59.3. The third-order valence-corrected chi connectivity index (χ3v) is 20.0. The number of guanidine groups is 2. The van der Waals surface area contributed by atoms with Gasteiger partial charge in [-0.3, -0.25) is 92.3 Å². The van der Waals surface area contributed by atoms with Crippen LogP contribution in [0.3, 0.4) is 0 Å². The van der Waals surface area contributed by atoms with E-state index in [0.29, 0.717) is 17.5 Å². The number of nitrogens with one attached hydrogen (secondary N) is 19. The number of phenols is 1. The summed E-state index contributed by atoms with van der Waals surface area (Å²) < 4.78 is 0. The lowest BCUT2D eigenvalue weighted by atomic mass is 9.95. The number of aliphatic hydroxyl groups excluding tert-OH is 2. The van der Waals surface area contributed by atoms with E-state index in [9.17, 15) is 112 Å². The van der Waals surface area contributed by atoms with Crippen molar-refractivity contribution in [2.45, 2.75) is 217 Å². The smallest absolute Gasteiger partial charge is 0.326 e. The van der Waals surface area contributed by atoms with Crippen molar-refractivity contribution in [3.63, 3.8) is 0 Å². The second-order valence-corrected chi connectivity index (χ2v) is 31.5. The third-order valence-electron chi connectivity index (χ3n) is 19.2. The number of primary amides is 1. The molecule has 126 heavy (non-hydrogen) atoms. The number of benzene rings is 2. The second-order valence-electron chi connectivity index (χ2n) is 30.8. The van der Waals surface area contributed by atoms with Gasteiger partial charge in [-0.25, -0.2) is 4.79 Å². The van der Waals surface area contributed by atoms with Crippen LogP contribution in [0.2, 0.25) is 0 Å². The van der Waals surface area contributed by atoms with Gasteiger partial charge < -0.3 is 139 Å². The van der Waals surface area contributed by atoms with E-state index in [1.807, 2.05) is 13.8 Å². The summed E-state index contributed by atoms with van der Waals surface area (Å²) in [6.45, 7) is 9.01. The molecule has 0 saturated carbocycles. The molecule has 0 radical (unpaired) electrons. The summed E-state index contributed by atoms with van der Waals surface area (Å²) in [6.07, 6.45) is -2.25. The van der Waals surface area contributed by atoms with Crippen LogP contribution in [0.1, 0.15) is 131 Å². The number of aliphatic carboxylic acids is 2. The van der Waals surface area contributed by atoms with Gasteiger partial charge in [-0.1, -0.05) is 104 Å². The number of aromatic hydroxyl groups is 1. The number of rotatable bonds is 59. The fourth-order valence-corrected chi connectivity index (χ4v) is 12.5. The van der Waals surface area contributed by atoms with Crippen molar-refractivity contribution in [3.05, 3.63) is 65.7 Å². The molecule has 48 heteroatoms. The Morgan fingerprint density at radius 3 is 1.20 bits per heavy atom. The fraction of sp³-hybridized carbons (Fsp3) is 0.590. The maximum Gasteiger partial charge on any atom is 0.326 e. The number of thiol groups is 2. The number of carbonyl (C=O) groups is 18. The van der Waals surface area contributed by atoms with Crippen LogP contribution in [-0.2, 0) is 99.1 Å². The molecule has 46 nitrogen and oxygen atoms in total. The molecule has 0 aromatic heterocycles. The first-order valence-corrected chi connectivity index (χ1v) is 41.9. The lowest BCUT2D eigenvalue weighted by Gasteiger charge is -2.30. The minimum Gasteiger partial charge on any atom is -0.508 e. The molecule has 2 rings (SSSR count). The molecule has 0 aliphatic heterocycles. The van der Waals surface area contributed by atoms with Crippen molar-refractivity contribution >= 4 is 144 Å². The maximum atomic E-state index is 14.3. The molecule has 16 amide bonds. The first kappa shape index (κ1) is 110. The van der Waals surface area contributed by atoms with E-state index in [1.165, 1.54) is 38.1 Å². The Labute approximate surface area is 739 Å². The molecule has 32 N–H and O–H groups in total. The molecule has 702 valence electrons. The highest BCUT2D eigenvalue weighted by Crippen LogP contribution is 2.17. The van der Waals surface area contributed by atoms with Crippen LogP contribution in [0.5, 0.6) is 5.75 Å². The summed E-state index contributed by atoms with van der Waals surface area (Å²) >= 11 is 8.34. The fourth-order valence-electron chi connectivity index (χ4n) is 12.0. The zero-order valence-corrected chi connectivity index (χ0v) is 73.3. The molecule has 0 fully saturated rings. The Bertz CT molecular complexity index is 4040. The van der Waals surface area contributed by atoms with Gasteiger partial charge in [0.25, 0.3) is 0 Å². The van der Waals surface area contributed by atoms with E-state index in [1.54, 1.807) is 58.0 Å². The quantitative estimate of drug-likeness (QED) is 0.0127. The lowest BCUT2D eigenvalue weighted by molar-refractivity contribution is -0.142. The number of phenolic OH excluding ortho intramolecular Hbond substituents is 1. The summed E-state index contributed by atoms with van der Waals surface area (Å²) in [5, 5.41) is 106. The van der Waals surface area contributed by atoms with Crippen LogP contribution < -0.4 is 113 Å². The minimum atomic E-state index is -1.94. The van der Waals surface area contributed by atoms with Gasteiger partial charge in [0.15, 0.2) is 11.9 Å². The second kappa shape index (κ2) is 57.4. The van der Waals surface area contributed by atoms with Gasteiger partial charge in [-0.2, -0.15) is 25.3 Å². The van der Waals surface area contributed by atoms with E-state index in [4.69, 9.17) is 33.8 Å². The summed E-state index contributed by atoms with van der Waals surface area (Å²) in [7, 11) is 0. The molecule has 0 aliphatic carbocycles. The summed E-state index contributed by atoms with van der Waals surface area (Å²) in [5.74, 6) is -23.2. The van der Waals surface area contributed by atoms with E-state index in [-0.39, 0.29) is 75.7 Å². The van der Waals surface area contributed by atoms with Crippen LogP contribution >= 0.6 is 25.3 Å². The highest BCUT2D eigenvalue weighted by molar-refractivity contribution is 7.80. The van der Waals surface area contributed by atoms with E-state index in [0.717, 1.165) is 0 Å². The molecule has 0 spiro atoms. The highest BCUT2D eigenvalue weighted by atomic mass is 32.1. The number of amides is 16. The third kappa shape index (κ3) is 41.5. The van der Waals surface area contributed by atoms with Gasteiger partial charge in [-0.05, 0) is 91.9 Å². The molecule has 0 aliphatic rings. The Morgan fingerprint density at radius 1 is 0.397 bits per heavy atom. The summed E-state index contributed by atoms with van der Waals surface area (Å²) in [4.78, 5) is 244. The standard InChI is InChI=1S/C78H125N23O23S2/c1-9-41(8)62(101-68(115)47(18-14-28-86-78(83)84)91-63(110)45(79)29-38(2)3)75(122)100-61(40(6)7)74(121)94-49(23-25-56(80)105)67(114)98-55(37-126)72(119)92-46(17-13-27-85-77(81)82)66(113)96-53(35-103)71(118)99-60(39(4)5)73(120)93-48(24-26-59(108)109)64(111)87-33-58(107)90-52(34-102)70(117)97-54(36-125)65(112)88-32-57(106)89-50(30-42-15-11-10-12-16-42)69(116)95-51(76(123)124)31-43-19-21-44(104)22-20-43/h10-12,15-16,19-22,38-41,45-55,60-62,102-104,125-126H,9,13-14,17-18,23-37,79H2,1-8H3,(H2,80,105)(H,87,111)(H,88,112)(H,89,106)(H,90,107)(H,91,110)(H,92,119)(H,93,120)(H,94,121)(H,95,116)(H,96,113)(H,97,117)(H,98,114)(H,99,118)(H,100,122)(H,101,115)(H,108,109)(H,123,124)(H4,81,82,85)(H4,83,84,86)/t41-,45?,46-,47-,48-,49-,50-,51-,52-,53-,54-,55-,60-,61-,62-/m0/s1. The Morgan fingerprint density at radius 2 is 0.746 bits per heavy atom. The van der Waals surface area contributed by atoms with Crippen LogP contribution in [-0.4, -0.2) is 279 Å². The van der Waals surface area contributed by atoms with Crippen molar-refractivity contribution in [1.82, 2.24) is 90.4 Å². The van der Waals surface area contributed by atoms with Crippen LogP contribution in [0.15, 0.2) is 54.6 Å². The van der Waals surface area contributed by atoms with Gasteiger partial charge in [0.2, 0.25) is 94.5 Å². The Kier molecular flexibility index (Phi) is 50.0. The number of carbonyl (C=O) groups excluding carboxylic acids is 16. The minimum absolute atomic E-state index is 0.0166. The normalized spacial score (nSPS) is 14.6. The average Bonchev–Trinajstić information content (AvgIpc) is 0.833. The molecule has 0 saturated heterocycles. The van der Waals surface area contributed by atoms with Gasteiger partial charge in [0.05, 0.1) is 32.3 Å². The van der Waals surface area contributed by atoms with E-state index < -0.39 is 278 Å². The highest BCUT2D eigenvalue weighted by Gasteiger charge is 2.39. The predicted octanol–water partition coefficient (Wildman–Crippen LogP) is -7.97. The Hall–Kier alpha value is -12.2. The summed E-state index contributed by atoms with van der Waals surface area (Å²) in [6, 6.07) is -7.75. The van der Waals surface area contributed by atoms with Crippen LogP contribution in [0.25, 0.3) is 0 Å². The molecular formula is C78H125N23O23S2. The number of nitrogens with two attached hydrogens (primary N) is 4. The average molecular weight is 1820 g/mol. The largest absolute Gasteiger partial charge is 0.508 e. The van der Waals surface area contributed by atoms with Gasteiger partial charge >= 0.3 is 11.9 Å². The van der Waals surface area contributed by atoms with Crippen molar-refractivity contribution in [2.75, 3.05) is 50.9 Å². The molecule has 0 bridgehead atoms. The van der Waals surface area contributed by atoms with Gasteiger partial charge in [0.1, 0.15) is 84.3 Å². The van der Waals surface area contributed by atoms with Crippen molar-refractivity contribution < 1.29 is 112 Å². The maximum absolute atomic E-state index is 14.3. The zero-order valence-electron chi connectivity index (χ0n) is 71.5. The van der Waals surface area contributed by atoms with E-state index >= 15 is 0 Å². The molecule has 0 heterocycles. The predicted molar refractivity (Wildman–Crippen MR) is 463 cm³/mol. The topological polar surface area (TPSA) is 765 Å². The van der Waals surface area contributed by atoms with Crippen molar-refractivity contribution in [3.8, 4) is 5.75 Å². The number of aliphatic hydroxyl groups is 2. The molecular weight excluding hydrogens is 1690 g/mol. The van der Waals surface area contributed by atoms with Crippen molar-refractivity contribution in [2.24, 2.45) is 46.6 Å². The Balaban J connectivity index is 2.29. The number of carboxylic acid groups (broad SMARTS) is 2. The number of hydrogen-bond acceptors (Lipinski definition) is 26. The van der Waals surface area contributed by atoms with E-state index in [2.05, 4.69) is 116 Å². The molecule has 2 aromatic rings. The summed E-state index contributed by atoms with van der Waals surface area (Å²) in [5.41, 5.74) is 23.5. The van der Waals surface area contributed by atoms with Crippen LogP contribution in [0.4, 0.5) is 0 Å². The molecule has 1 unspecified atom stereocenters. The molecule has 15 atom stereocenters. The number of hydrogen-bond donors (Lipinski definition) is 30. The van der Waals surface area contributed by atoms with Crippen LogP contribution in [0, 0.1) is 34.5 Å². The lowest BCUT2D eigenvalue weighted by Crippen LogP contribution is -2.62. The first-order valence-electron chi connectivity index (χ1n) is 40.7. The zero-order chi connectivity index (χ0) is 95.2. The number of carboxylic acids is 2. The van der Waals surface area contributed by atoms with Gasteiger partial charge in [-0.15, -0.1) is 0 Å². The van der Waals surface area contributed by atoms with Crippen molar-refractivity contribution in [1.29, 1.82) is 10.8 Å². The van der Waals surface area contributed by atoms with Gasteiger partial charge in [0, 0.05) is 50.3 Å². The molecule has 2 aromatic carbocycles. The monoisotopic (exact) mass is 1820 g/mol. The SMILES string of the molecule is CC[C@H](C)[C@H](NC(=O)[C@H](CCCNC(=N)N)NC(=O)C(N)CC(C)C)C(=O)N[C@H](C(=O)N[C@@H](CCC(N)=O)C(=O)N[C@@H](CS)C(=O)N[C@@H](CCCNC(=N)N)C(=O)N[C@@H](CO)C(=O)N[C@H](C(=O)N[C@@H](CCC(=O)O)C(=O)NCC(=O)N[C@@H](CO)C(=O)N[C@@H](CS)C(=O)NCC(=O)N[C@@H](Cc1ccccc1)C(=O)N[C@@H](Cc1ccc(O)cc1)C(=O)O)C(C)C)C(C)C.